The fraction of sp³-hybridized carbons (Fsp3) is 0.143. The average Bonchev–Trinajstić information content (AvgIpc) is 2.15. The topological polar surface area (TPSA) is 93.3 Å². The number of carboxylic acid groups (broad SMARTS) is 1. The van der Waals surface area contributed by atoms with E-state index in [0.29, 0.717) is 0 Å². The molecule has 0 saturated heterocycles. The van der Waals surface area contributed by atoms with Crippen molar-refractivity contribution in [3.63, 3.8) is 0 Å². The van der Waals surface area contributed by atoms with Crippen LogP contribution in [0.1, 0.15) is 22.5 Å². The lowest BCUT2D eigenvalue weighted by atomic mass is 10.2. The molecule has 0 aliphatic carbocycles. The summed E-state index contributed by atoms with van der Waals surface area (Å²) in [5, 5.41) is 19.0. The van der Waals surface area contributed by atoms with E-state index in [2.05, 4.69) is 4.98 Å². The average molecular weight is 344 g/mol. The molecule has 6 nitrogen and oxygen atoms in total. The Labute approximate surface area is 101 Å². The van der Waals surface area contributed by atoms with Crippen LogP contribution < -0.4 is 0 Å². The van der Waals surface area contributed by atoms with Gasteiger partial charge >= 0.3 is 11.8 Å². The second kappa shape index (κ2) is 4.63. The molecule has 0 unspecified atom stereocenters. The predicted octanol–water partition coefficient (Wildman–Crippen LogP) is 2.23. The van der Waals surface area contributed by atoms with Gasteiger partial charge in [0.05, 0.1) is 5.56 Å². The minimum Gasteiger partial charge on any atom is -0.475 e. The molecule has 1 N–H and O–H groups in total. The van der Waals surface area contributed by atoms with E-state index >= 15 is 0 Å². The Kier molecular flexibility index (Phi) is 3.67. The van der Waals surface area contributed by atoms with E-state index in [1.54, 1.807) is 0 Å². The highest BCUT2D eigenvalue weighted by atomic mass is 127. The molecule has 1 aromatic rings. The number of aromatic carboxylic acids is 1. The van der Waals surface area contributed by atoms with Crippen molar-refractivity contribution in [3.8, 4) is 0 Å². The lowest BCUT2D eigenvalue weighted by Crippen LogP contribution is -2.10. The molecule has 0 bridgehead atoms. The first-order valence-electron chi connectivity index (χ1n) is 3.71. The van der Waals surface area contributed by atoms with Gasteiger partial charge in [-0.05, 0) is 32.5 Å². The van der Waals surface area contributed by atoms with Crippen LogP contribution in [0.25, 0.3) is 0 Å². The van der Waals surface area contributed by atoms with Crippen LogP contribution in [0.3, 0.4) is 0 Å². The maximum Gasteiger partial charge on any atom is 0.381 e. The molecule has 0 amide bonds. The van der Waals surface area contributed by atoms with Gasteiger partial charge < -0.3 is 15.2 Å². The molecule has 1 aromatic heterocycles. The van der Waals surface area contributed by atoms with Crippen molar-refractivity contribution in [2.75, 3.05) is 0 Å². The number of alkyl halides is 2. The van der Waals surface area contributed by atoms with Gasteiger partial charge in [0.2, 0.25) is 0 Å². The first-order valence-corrected chi connectivity index (χ1v) is 4.78. The van der Waals surface area contributed by atoms with Gasteiger partial charge in [0.25, 0.3) is 12.1 Å². The number of aromatic nitrogens is 1. The Bertz CT molecular complexity index is 466. The summed E-state index contributed by atoms with van der Waals surface area (Å²) in [6, 6.07) is 0.800. The highest BCUT2D eigenvalue weighted by Gasteiger charge is 2.29. The Morgan fingerprint density at radius 2 is 2.19 bits per heavy atom. The molecule has 1 heterocycles. The molecule has 0 radical (unpaired) electrons. The highest BCUT2D eigenvalue weighted by molar-refractivity contribution is 14.1. The maximum atomic E-state index is 12.5. The summed E-state index contributed by atoms with van der Waals surface area (Å²) in [5.41, 5.74) is -1.80. The van der Waals surface area contributed by atoms with Gasteiger partial charge in [-0.25, -0.2) is 13.6 Å². The summed E-state index contributed by atoms with van der Waals surface area (Å²) < 4.78 is 24.8. The summed E-state index contributed by atoms with van der Waals surface area (Å²) in [6.45, 7) is 0. The van der Waals surface area contributed by atoms with E-state index in [9.17, 15) is 23.7 Å². The van der Waals surface area contributed by atoms with Crippen LogP contribution in [0.4, 0.5) is 14.6 Å². The van der Waals surface area contributed by atoms with E-state index in [1.807, 2.05) is 0 Å². The third-order valence-electron chi connectivity index (χ3n) is 1.60. The van der Waals surface area contributed by atoms with Crippen molar-refractivity contribution in [2.24, 2.45) is 0 Å². The van der Waals surface area contributed by atoms with Gasteiger partial charge in [0.15, 0.2) is 0 Å². The zero-order valence-electron chi connectivity index (χ0n) is 7.35. The third-order valence-corrected chi connectivity index (χ3v) is 2.49. The van der Waals surface area contributed by atoms with Crippen molar-refractivity contribution in [2.45, 2.75) is 6.43 Å². The van der Waals surface area contributed by atoms with Crippen LogP contribution in [0, 0.1) is 13.7 Å². The van der Waals surface area contributed by atoms with Gasteiger partial charge in [-0.15, -0.1) is 0 Å². The van der Waals surface area contributed by atoms with Crippen LogP contribution in [0.5, 0.6) is 0 Å². The predicted molar refractivity (Wildman–Crippen MR) is 55.5 cm³/mol. The zero-order chi connectivity index (χ0) is 12.5. The van der Waals surface area contributed by atoms with Crippen molar-refractivity contribution in [1.29, 1.82) is 0 Å². The second-order valence-electron chi connectivity index (χ2n) is 2.59. The molecule has 0 aliphatic rings. The standard InChI is InChI=1S/C7H3F2IN2O4/c8-6(9)4-2(10)1-3(12(15)16)11-5(4)7(13)14/h1,6H,(H,13,14). The summed E-state index contributed by atoms with van der Waals surface area (Å²) in [4.78, 5) is 23.1. The van der Waals surface area contributed by atoms with E-state index in [1.165, 1.54) is 22.6 Å². The van der Waals surface area contributed by atoms with E-state index in [-0.39, 0.29) is 3.57 Å². The van der Waals surface area contributed by atoms with Gasteiger partial charge in [0.1, 0.15) is 0 Å². The van der Waals surface area contributed by atoms with Gasteiger partial charge in [0, 0.05) is 9.64 Å². The Balaban J connectivity index is 3.52. The number of carboxylic acids is 1. The molecule has 9 heteroatoms. The lowest BCUT2D eigenvalue weighted by Gasteiger charge is -2.03. The normalized spacial score (nSPS) is 10.5. The van der Waals surface area contributed by atoms with Crippen LogP contribution in [0.2, 0.25) is 0 Å². The first kappa shape index (κ1) is 12.7. The van der Waals surface area contributed by atoms with Crippen molar-refractivity contribution >= 4 is 34.4 Å². The third kappa shape index (κ3) is 2.40. The molecule has 16 heavy (non-hydrogen) atoms. The summed E-state index contributed by atoms with van der Waals surface area (Å²) in [5.74, 6) is -2.50. The molecule has 0 atom stereocenters. The minimum absolute atomic E-state index is 0.202. The Morgan fingerprint density at radius 1 is 1.62 bits per heavy atom. The number of hydrogen-bond acceptors (Lipinski definition) is 4. The van der Waals surface area contributed by atoms with Crippen molar-refractivity contribution < 1.29 is 23.6 Å². The summed E-state index contributed by atoms with van der Waals surface area (Å²) in [6.07, 6.45) is -3.05. The van der Waals surface area contributed by atoms with Crippen molar-refractivity contribution in [1.82, 2.24) is 4.98 Å². The molecule has 86 valence electrons. The number of hydrogen-bond donors (Lipinski definition) is 1. The SMILES string of the molecule is O=C(O)c1nc([N+](=O)[O-])cc(I)c1C(F)F. The lowest BCUT2D eigenvalue weighted by molar-refractivity contribution is -0.389. The fourth-order valence-electron chi connectivity index (χ4n) is 0.975. The largest absolute Gasteiger partial charge is 0.475 e. The zero-order valence-corrected chi connectivity index (χ0v) is 9.51. The highest BCUT2D eigenvalue weighted by Crippen LogP contribution is 2.29. The smallest absolute Gasteiger partial charge is 0.381 e. The Morgan fingerprint density at radius 3 is 2.56 bits per heavy atom. The number of nitro groups is 1. The minimum atomic E-state index is -3.05. The summed E-state index contributed by atoms with van der Waals surface area (Å²) >= 11 is 1.41. The Hall–Kier alpha value is -1.39. The molecular formula is C7H3F2IN2O4. The van der Waals surface area contributed by atoms with Crippen LogP contribution in [0.15, 0.2) is 6.07 Å². The van der Waals surface area contributed by atoms with Gasteiger partial charge in [-0.1, -0.05) is 0 Å². The molecule has 1 rings (SSSR count). The second-order valence-corrected chi connectivity index (χ2v) is 3.75. The molecular weight excluding hydrogens is 341 g/mol. The first-order chi connectivity index (χ1) is 7.34. The van der Waals surface area contributed by atoms with Gasteiger partial charge in [-0.2, -0.15) is 0 Å². The molecule has 0 spiro atoms. The maximum absolute atomic E-state index is 12.5. The molecule has 0 aromatic carbocycles. The fourth-order valence-corrected chi connectivity index (χ4v) is 1.74. The quantitative estimate of drug-likeness (QED) is 0.516. The number of halogens is 3. The molecule has 0 aliphatic heterocycles. The summed E-state index contributed by atoms with van der Waals surface area (Å²) in [7, 11) is 0. The van der Waals surface area contributed by atoms with E-state index in [0.717, 1.165) is 6.07 Å². The van der Waals surface area contributed by atoms with Crippen LogP contribution >= 0.6 is 22.6 Å². The monoisotopic (exact) mass is 344 g/mol. The van der Waals surface area contributed by atoms with Gasteiger partial charge in [-0.3, -0.25) is 0 Å². The van der Waals surface area contributed by atoms with Crippen LogP contribution in [-0.4, -0.2) is 21.0 Å². The van der Waals surface area contributed by atoms with E-state index < -0.39 is 34.4 Å². The number of carbonyl (C=O) groups is 1. The molecule has 0 saturated carbocycles. The molecule has 0 fully saturated rings. The van der Waals surface area contributed by atoms with E-state index in [4.69, 9.17) is 5.11 Å². The van der Waals surface area contributed by atoms with Crippen LogP contribution in [-0.2, 0) is 0 Å². The number of rotatable bonds is 3. The van der Waals surface area contributed by atoms with Crippen molar-refractivity contribution in [3.05, 3.63) is 31.0 Å². The number of nitrogens with zero attached hydrogens (tertiary/aromatic N) is 2. The number of pyridine rings is 1.